The van der Waals surface area contributed by atoms with Crippen LogP contribution in [0.15, 0.2) is 4.99 Å². The molecule has 0 aliphatic carbocycles. The number of carbonyl (C=O) groups excluding carboxylic acids is 1. The third kappa shape index (κ3) is 2.36. The molecule has 2 atom stereocenters. The van der Waals surface area contributed by atoms with Gasteiger partial charge >= 0.3 is 0 Å². The standard InChI is InChI=1S/C13H21N3O2/c1-10-7-12(17)14-13-16(10)9-11(18-13)8-15-5-3-2-4-6-15/h10-11H,2-9H2,1H3. The van der Waals surface area contributed by atoms with Crippen LogP contribution in [0.5, 0.6) is 0 Å². The molecular weight excluding hydrogens is 230 g/mol. The Balaban J connectivity index is 1.60. The lowest BCUT2D eigenvalue weighted by Gasteiger charge is -2.28. The average Bonchev–Trinajstić information content (AvgIpc) is 2.73. The molecule has 3 heterocycles. The summed E-state index contributed by atoms with van der Waals surface area (Å²) in [5.41, 5.74) is 0. The van der Waals surface area contributed by atoms with E-state index in [2.05, 4.69) is 21.7 Å². The Morgan fingerprint density at radius 1 is 1.33 bits per heavy atom. The van der Waals surface area contributed by atoms with Crippen LogP contribution in [0, 0.1) is 0 Å². The Morgan fingerprint density at radius 3 is 2.89 bits per heavy atom. The summed E-state index contributed by atoms with van der Waals surface area (Å²) < 4.78 is 5.82. The van der Waals surface area contributed by atoms with E-state index >= 15 is 0 Å². The maximum atomic E-state index is 11.4. The van der Waals surface area contributed by atoms with Crippen molar-refractivity contribution in [3.63, 3.8) is 0 Å². The minimum atomic E-state index is -0.0487. The van der Waals surface area contributed by atoms with Crippen molar-refractivity contribution in [3.05, 3.63) is 0 Å². The molecule has 3 aliphatic heterocycles. The van der Waals surface area contributed by atoms with Crippen LogP contribution in [0.25, 0.3) is 0 Å². The maximum absolute atomic E-state index is 11.4. The van der Waals surface area contributed by atoms with Gasteiger partial charge in [-0.25, -0.2) is 0 Å². The van der Waals surface area contributed by atoms with Gasteiger partial charge in [0.2, 0.25) is 0 Å². The Hall–Kier alpha value is -1.10. The summed E-state index contributed by atoms with van der Waals surface area (Å²) in [6.07, 6.45) is 4.64. The number of hydrogen-bond acceptors (Lipinski definition) is 4. The van der Waals surface area contributed by atoms with Crippen LogP contribution in [-0.2, 0) is 9.53 Å². The van der Waals surface area contributed by atoms with Crippen LogP contribution in [0.2, 0.25) is 0 Å². The predicted octanol–water partition coefficient (Wildman–Crippen LogP) is 0.848. The normalized spacial score (nSPS) is 33.1. The van der Waals surface area contributed by atoms with Crippen LogP contribution < -0.4 is 0 Å². The van der Waals surface area contributed by atoms with Gasteiger partial charge in [0.15, 0.2) is 0 Å². The lowest BCUT2D eigenvalue weighted by atomic mass is 10.1. The van der Waals surface area contributed by atoms with Gasteiger partial charge in [0.05, 0.1) is 6.54 Å². The number of nitrogens with zero attached hydrogens (tertiary/aromatic N) is 3. The topological polar surface area (TPSA) is 45.1 Å². The van der Waals surface area contributed by atoms with Crippen molar-refractivity contribution in [2.75, 3.05) is 26.2 Å². The average molecular weight is 251 g/mol. The molecule has 0 N–H and O–H groups in total. The van der Waals surface area contributed by atoms with Crippen molar-refractivity contribution in [2.45, 2.75) is 44.8 Å². The Kier molecular flexibility index (Phi) is 3.24. The Morgan fingerprint density at radius 2 is 2.11 bits per heavy atom. The fourth-order valence-electron chi connectivity index (χ4n) is 3.05. The second-order valence-corrected chi connectivity index (χ2v) is 5.59. The molecule has 0 bridgehead atoms. The van der Waals surface area contributed by atoms with Gasteiger partial charge in [0.1, 0.15) is 6.10 Å². The molecule has 2 fully saturated rings. The summed E-state index contributed by atoms with van der Waals surface area (Å²) in [5.74, 6) is -0.0487. The molecule has 100 valence electrons. The van der Waals surface area contributed by atoms with Gasteiger partial charge in [-0.15, -0.1) is 0 Å². The zero-order valence-corrected chi connectivity index (χ0v) is 11.0. The summed E-state index contributed by atoms with van der Waals surface area (Å²) in [5, 5.41) is 0. The molecule has 5 heteroatoms. The van der Waals surface area contributed by atoms with E-state index in [-0.39, 0.29) is 18.1 Å². The van der Waals surface area contributed by atoms with E-state index in [9.17, 15) is 4.79 Å². The SMILES string of the molecule is CC1CC(=O)N=C2OC(CN3CCCCC3)CN21. The third-order valence-electron chi connectivity index (χ3n) is 4.05. The van der Waals surface area contributed by atoms with Crippen molar-refractivity contribution in [2.24, 2.45) is 4.99 Å². The Labute approximate surface area is 108 Å². The Bertz CT molecular complexity index is 363. The number of amides is 1. The van der Waals surface area contributed by atoms with Crippen LogP contribution in [0.3, 0.4) is 0 Å². The van der Waals surface area contributed by atoms with Gasteiger partial charge in [0.25, 0.3) is 11.9 Å². The number of carbonyl (C=O) groups is 1. The van der Waals surface area contributed by atoms with E-state index in [0.29, 0.717) is 12.4 Å². The first-order valence-electron chi connectivity index (χ1n) is 6.99. The maximum Gasteiger partial charge on any atom is 0.296 e. The quantitative estimate of drug-likeness (QED) is 0.730. The number of amidine groups is 1. The largest absolute Gasteiger partial charge is 0.458 e. The predicted molar refractivity (Wildman–Crippen MR) is 68.4 cm³/mol. The number of piperidine rings is 1. The molecule has 2 saturated heterocycles. The molecule has 0 spiro atoms. The van der Waals surface area contributed by atoms with Crippen LogP contribution in [0.4, 0.5) is 0 Å². The van der Waals surface area contributed by atoms with E-state index in [1.165, 1.54) is 32.4 Å². The summed E-state index contributed by atoms with van der Waals surface area (Å²) in [6.45, 7) is 6.28. The molecule has 0 saturated carbocycles. The first-order chi connectivity index (χ1) is 8.72. The van der Waals surface area contributed by atoms with Gasteiger partial charge in [-0.2, -0.15) is 4.99 Å². The van der Waals surface area contributed by atoms with Crippen molar-refractivity contribution in [3.8, 4) is 0 Å². The zero-order valence-electron chi connectivity index (χ0n) is 11.0. The molecule has 0 aromatic rings. The van der Waals surface area contributed by atoms with Gasteiger partial charge in [-0.3, -0.25) is 9.69 Å². The van der Waals surface area contributed by atoms with Crippen LogP contribution >= 0.6 is 0 Å². The number of hydrogen-bond donors (Lipinski definition) is 0. The van der Waals surface area contributed by atoms with E-state index < -0.39 is 0 Å². The van der Waals surface area contributed by atoms with Gasteiger partial charge in [-0.1, -0.05) is 6.42 Å². The highest BCUT2D eigenvalue weighted by Crippen LogP contribution is 2.22. The van der Waals surface area contributed by atoms with Crippen molar-refractivity contribution >= 4 is 11.9 Å². The molecule has 3 aliphatic rings. The van der Waals surface area contributed by atoms with Gasteiger partial charge < -0.3 is 9.64 Å². The van der Waals surface area contributed by atoms with Crippen molar-refractivity contribution in [1.29, 1.82) is 0 Å². The minimum absolute atomic E-state index is 0.0487. The second kappa shape index (κ2) is 4.88. The van der Waals surface area contributed by atoms with E-state index in [1.54, 1.807) is 0 Å². The first kappa shape index (κ1) is 12.0. The molecule has 18 heavy (non-hydrogen) atoms. The molecule has 3 rings (SSSR count). The third-order valence-corrected chi connectivity index (χ3v) is 4.05. The number of ether oxygens (including phenoxy) is 1. The van der Waals surface area contributed by atoms with E-state index in [4.69, 9.17) is 4.74 Å². The molecule has 0 radical (unpaired) electrons. The molecular formula is C13H21N3O2. The summed E-state index contributed by atoms with van der Waals surface area (Å²) in [6, 6.07) is 0.789. The lowest BCUT2D eigenvalue weighted by molar-refractivity contribution is -0.119. The summed E-state index contributed by atoms with van der Waals surface area (Å²) in [7, 11) is 0. The van der Waals surface area contributed by atoms with Crippen molar-refractivity contribution in [1.82, 2.24) is 9.80 Å². The fraction of sp³-hybridized carbons (Fsp3) is 0.846. The number of rotatable bonds is 2. The molecule has 0 aromatic carbocycles. The fourth-order valence-corrected chi connectivity index (χ4v) is 3.05. The van der Waals surface area contributed by atoms with Gasteiger partial charge in [0, 0.05) is 19.0 Å². The van der Waals surface area contributed by atoms with Gasteiger partial charge in [-0.05, 0) is 32.9 Å². The number of aliphatic imine (C=N–C) groups is 1. The highest BCUT2D eigenvalue weighted by Gasteiger charge is 2.37. The van der Waals surface area contributed by atoms with E-state index in [0.717, 1.165) is 13.1 Å². The second-order valence-electron chi connectivity index (χ2n) is 5.59. The van der Waals surface area contributed by atoms with Crippen LogP contribution in [0.1, 0.15) is 32.6 Å². The number of fused-ring (bicyclic) bond motifs is 1. The smallest absolute Gasteiger partial charge is 0.296 e. The molecule has 2 unspecified atom stereocenters. The molecule has 0 aromatic heterocycles. The highest BCUT2D eigenvalue weighted by atomic mass is 16.5. The van der Waals surface area contributed by atoms with E-state index in [1.807, 2.05) is 0 Å². The zero-order chi connectivity index (χ0) is 12.5. The summed E-state index contributed by atoms with van der Waals surface area (Å²) in [4.78, 5) is 20.0. The van der Waals surface area contributed by atoms with Crippen LogP contribution in [-0.4, -0.2) is 60.1 Å². The lowest BCUT2D eigenvalue weighted by Crippen LogP contribution is -2.41. The molecule has 1 amide bonds. The van der Waals surface area contributed by atoms with Crippen molar-refractivity contribution < 1.29 is 9.53 Å². The minimum Gasteiger partial charge on any atom is -0.458 e. The first-order valence-corrected chi connectivity index (χ1v) is 6.99. The number of likely N-dealkylation sites (tertiary alicyclic amines) is 1. The summed E-state index contributed by atoms with van der Waals surface area (Å²) >= 11 is 0. The monoisotopic (exact) mass is 251 g/mol. The molecule has 5 nitrogen and oxygen atoms in total. The highest BCUT2D eigenvalue weighted by molar-refractivity contribution is 5.94.